The number of rotatable bonds is 6. The van der Waals surface area contributed by atoms with Crippen LogP contribution in [-0.4, -0.2) is 33.2 Å². The van der Waals surface area contributed by atoms with Gasteiger partial charge in [-0.15, -0.1) is 6.58 Å². The molecule has 0 N–H and O–H groups in total. The van der Waals surface area contributed by atoms with Gasteiger partial charge in [-0.1, -0.05) is 26.5 Å². The predicted octanol–water partition coefficient (Wildman–Crippen LogP) is 2.16. The van der Waals surface area contributed by atoms with Gasteiger partial charge in [0.25, 0.3) is 8.48 Å². The van der Waals surface area contributed by atoms with Gasteiger partial charge in [-0.3, -0.25) is 4.57 Å². The molecule has 0 spiro atoms. The van der Waals surface area contributed by atoms with Crippen molar-refractivity contribution in [2.24, 2.45) is 0 Å². The third-order valence-electron chi connectivity index (χ3n) is 2.48. The van der Waals surface area contributed by atoms with Crippen molar-refractivity contribution in [3.63, 3.8) is 0 Å². The fourth-order valence-electron chi connectivity index (χ4n) is 1.61. The van der Waals surface area contributed by atoms with E-state index in [0.717, 1.165) is 19.1 Å². The molecule has 3 heteroatoms. The fraction of sp³-hybridized carbons (Fsp3) is 0.778. The summed E-state index contributed by atoms with van der Waals surface area (Å²) in [6.07, 6.45) is 0. The molecule has 0 rings (SSSR count). The predicted molar refractivity (Wildman–Crippen MR) is 56.4 cm³/mol. The van der Waals surface area contributed by atoms with Gasteiger partial charge in [-0.25, -0.2) is 0 Å². The molecule has 1 unspecified atom stereocenters. The van der Waals surface area contributed by atoms with E-state index in [1.54, 1.807) is 7.11 Å². The van der Waals surface area contributed by atoms with Crippen molar-refractivity contribution in [1.29, 1.82) is 0 Å². The maximum Gasteiger partial charge on any atom is 0.296 e. The van der Waals surface area contributed by atoms with E-state index in [2.05, 4.69) is 31.9 Å². The lowest BCUT2D eigenvalue weighted by Crippen LogP contribution is -2.53. The Morgan fingerprint density at radius 2 is 1.83 bits per heavy atom. The van der Waals surface area contributed by atoms with Gasteiger partial charge in [0, 0.05) is 7.11 Å². The highest BCUT2D eigenvalue weighted by molar-refractivity contribution is 6.75. The Balaban J connectivity index is 4.53. The van der Waals surface area contributed by atoms with Gasteiger partial charge >= 0.3 is 0 Å². The first-order valence-electron chi connectivity index (χ1n) is 4.64. The summed E-state index contributed by atoms with van der Waals surface area (Å²) in [6, 6.07) is 1.08. The minimum Gasteiger partial charge on any atom is -0.403 e. The number of hydrogen-bond acceptors (Lipinski definition) is 2. The molecule has 0 aliphatic carbocycles. The van der Waals surface area contributed by atoms with Crippen molar-refractivity contribution in [3.05, 3.63) is 12.3 Å². The summed E-state index contributed by atoms with van der Waals surface area (Å²) in [4.78, 5) is 0. The molecule has 12 heavy (non-hydrogen) atoms. The lowest BCUT2D eigenvalue weighted by atomic mass is 10.7. The van der Waals surface area contributed by atoms with Crippen molar-refractivity contribution in [1.82, 2.24) is 4.57 Å². The molecule has 0 aliphatic heterocycles. The standard InChI is InChI=1S/C9H21NOSi/c1-6-10(7-2)12(8-3,9-4)11-5/h8H,3,6-7,9H2,1-2,4-5H3. The second kappa shape index (κ2) is 5.51. The second-order valence-corrected chi connectivity index (χ2v) is 6.62. The molecule has 0 aromatic carbocycles. The van der Waals surface area contributed by atoms with Gasteiger partial charge in [0.05, 0.1) is 0 Å². The summed E-state index contributed by atoms with van der Waals surface area (Å²) >= 11 is 0. The molecule has 1 atom stereocenters. The van der Waals surface area contributed by atoms with Crippen LogP contribution in [0.15, 0.2) is 12.3 Å². The zero-order valence-electron chi connectivity index (χ0n) is 8.76. The quantitative estimate of drug-likeness (QED) is 0.591. The molecule has 0 bridgehead atoms. The molecule has 0 heterocycles. The highest BCUT2D eigenvalue weighted by atomic mass is 28.4. The maximum atomic E-state index is 5.63. The van der Waals surface area contributed by atoms with Crippen LogP contribution in [0.4, 0.5) is 0 Å². The Morgan fingerprint density at radius 1 is 1.33 bits per heavy atom. The van der Waals surface area contributed by atoms with Gasteiger partial charge in [-0.2, -0.15) is 0 Å². The first-order valence-corrected chi connectivity index (χ1v) is 6.78. The Kier molecular flexibility index (Phi) is 5.45. The summed E-state index contributed by atoms with van der Waals surface area (Å²) < 4.78 is 8.03. The fourth-order valence-corrected chi connectivity index (χ4v) is 4.39. The first-order chi connectivity index (χ1) is 5.70. The van der Waals surface area contributed by atoms with Crippen LogP contribution >= 0.6 is 0 Å². The van der Waals surface area contributed by atoms with Crippen molar-refractivity contribution in [2.45, 2.75) is 26.8 Å². The second-order valence-electron chi connectivity index (χ2n) is 2.78. The van der Waals surface area contributed by atoms with Gasteiger partial charge in [-0.05, 0) is 19.1 Å². The molecule has 0 aromatic rings. The van der Waals surface area contributed by atoms with Gasteiger partial charge in [0.1, 0.15) is 0 Å². The molecule has 0 aliphatic rings. The van der Waals surface area contributed by atoms with Crippen LogP contribution in [0.25, 0.3) is 0 Å². The normalized spacial score (nSPS) is 16.1. The van der Waals surface area contributed by atoms with Gasteiger partial charge in [0.2, 0.25) is 0 Å². The van der Waals surface area contributed by atoms with Crippen LogP contribution in [0.5, 0.6) is 0 Å². The SMILES string of the molecule is C=C[Si](CC)(OC)N(CC)CC. The Labute approximate surface area is 77.4 Å². The Bertz CT molecular complexity index is 130. The van der Waals surface area contributed by atoms with Crippen molar-refractivity contribution in [3.8, 4) is 0 Å². The highest BCUT2D eigenvalue weighted by Gasteiger charge is 2.34. The van der Waals surface area contributed by atoms with Crippen LogP contribution in [0, 0.1) is 0 Å². The highest BCUT2D eigenvalue weighted by Crippen LogP contribution is 2.16. The van der Waals surface area contributed by atoms with E-state index >= 15 is 0 Å². The van der Waals surface area contributed by atoms with Gasteiger partial charge < -0.3 is 4.43 Å². The van der Waals surface area contributed by atoms with Gasteiger partial charge in [0.15, 0.2) is 0 Å². The Morgan fingerprint density at radius 3 is 1.92 bits per heavy atom. The third kappa shape index (κ3) is 2.18. The summed E-state index contributed by atoms with van der Waals surface area (Å²) in [6.45, 7) is 12.5. The van der Waals surface area contributed by atoms with E-state index in [0.29, 0.717) is 0 Å². The molecule has 0 aromatic heterocycles. The van der Waals surface area contributed by atoms with Crippen LogP contribution in [-0.2, 0) is 4.43 Å². The van der Waals surface area contributed by atoms with E-state index in [1.165, 1.54) is 0 Å². The van der Waals surface area contributed by atoms with E-state index in [9.17, 15) is 0 Å². The zero-order chi connectivity index (χ0) is 9.61. The van der Waals surface area contributed by atoms with E-state index in [4.69, 9.17) is 4.43 Å². The summed E-state index contributed by atoms with van der Waals surface area (Å²) in [5.74, 6) is 0. The van der Waals surface area contributed by atoms with E-state index in [-0.39, 0.29) is 0 Å². The van der Waals surface area contributed by atoms with E-state index < -0.39 is 8.48 Å². The first kappa shape index (κ1) is 11.9. The third-order valence-corrected chi connectivity index (χ3v) is 6.54. The summed E-state index contributed by atoms with van der Waals surface area (Å²) in [7, 11) is 0.0517. The van der Waals surface area contributed by atoms with Crippen LogP contribution in [0.1, 0.15) is 20.8 Å². The van der Waals surface area contributed by atoms with Crippen LogP contribution in [0.3, 0.4) is 0 Å². The smallest absolute Gasteiger partial charge is 0.296 e. The monoisotopic (exact) mass is 187 g/mol. The van der Waals surface area contributed by atoms with E-state index in [1.807, 2.05) is 5.70 Å². The molecular weight excluding hydrogens is 166 g/mol. The molecule has 0 radical (unpaired) electrons. The topological polar surface area (TPSA) is 12.5 Å². The largest absolute Gasteiger partial charge is 0.403 e. The molecule has 0 saturated heterocycles. The van der Waals surface area contributed by atoms with Crippen LogP contribution in [0.2, 0.25) is 6.04 Å². The van der Waals surface area contributed by atoms with Crippen molar-refractivity contribution < 1.29 is 4.43 Å². The lowest BCUT2D eigenvalue weighted by Gasteiger charge is -2.35. The zero-order valence-corrected chi connectivity index (χ0v) is 9.76. The molecule has 0 amide bonds. The average Bonchev–Trinajstić information content (AvgIpc) is 2.14. The lowest BCUT2D eigenvalue weighted by molar-refractivity contribution is 0.308. The average molecular weight is 187 g/mol. The van der Waals surface area contributed by atoms with Crippen LogP contribution < -0.4 is 0 Å². The van der Waals surface area contributed by atoms with Crippen molar-refractivity contribution in [2.75, 3.05) is 20.2 Å². The number of hydrogen-bond donors (Lipinski definition) is 0. The maximum absolute atomic E-state index is 5.63. The summed E-state index contributed by atoms with van der Waals surface area (Å²) in [5.41, 5.74) is 2.03. The molecule has 72 valence electrons. The number of nitrogens with zero attached hydrogens (tertiary/aromatic N) is 1. The molecular formula is C9H21NOSi. The summed E-state index contributed by atoms with van der Waals surface area (Å²) in [5, 5.41) is 0. The van der Waals surface area contributed by atoms with Crippen molar-refractivity contribution >= 4 is 8.48 Å². The minimum absolute atomic E-state index is 1.05. The Hall–Kier alpha value is -0.123. The molecule has 0 fully saturated rings. The molecule has 2 nitrogen and oxygen atoms in total. The minimum atomic E-state index is -1.75. The molecule has 0 saturated carbocycles.